The molecule has 0 aromatic heterocycles. The van der Waals surface area contributed by atoms with Crippen molar-refractivity contribution in [2.24, 2.45) is 0 Å². The second-order valence-electron chi connectivity index (χ2n) is 6.21. The number of rotatable bonds is 11. The first-order chi connectivity index (χ1) is 14.1. The Balaban J connectivity index is 1.75. The summed E-state index contributed by atoms with van der Waals surface area (Å²) in [7, 11) is 0. The second kappa shape index (κ2) is 12.2. The molecule has 0 bridgehead atoms. The van der Waals surface area contributed by atoms with Gasteiger partial charge >= 0.3 is 0 Å². The summed E-state index contributed by atoms with van der Waals surface area (Å²) in [4.78, 5) is 23.8. The smallest absolute Gasteiger partial charge is 0.244 e. The van der Waals surface area contributed by atoms with E-state index in [2.05, 4.69) is 10.6 Å². The van der Waals surface area contributed by atoms with E-state index in [9.17, 15) is 9.59 Å². The molecule has 0 unspecified atom stereocenters. The van der Waals surface area contributed by atoms with Crippen molar-refractivity contribution < 1.29 is 19.1 Å². The molecule has 2 rings (SSSR count). The first-order valence-electron chi connectivity index (χ1n) is 9.78. The Morgan fingerprint density at radius 1 is 0.897 bits per heavy atom. The zero-order chi connectivity index (χ0) is 20.9. The Labute approximate surface area is 171 Å². The van der Waals surface area contributed by atoms with Gasteiger partial charge in [0.1, 0.15) is 0 Å². The van der Waals surface area contributed by atoms with Crippen molar-refractivity contribution in [1.29, 1.82) is 0 Å². The lowest BCUT2D eigenvalue weighted by molar-refractivity contribution is -0.121. The maximum Gasteiger partial charge on any atom is 0.244 e. The van der Waals surface area contributed by atoms with Crippen LogP contribution in [0.5, 0.6) is 11.5 Å². The van der Waals surface area contributed by atoms with Gasteiger partial charge in [-0.3, -0.25) is 9.59 Å². The number of hydrogen-bond donors (Lipinski definition) is 2. The first kappa shape index (κ1) is 22.0. The van der Waals surface area contributed by atoms with E-state index in [1.807, 2.05) is 62.4 Å². The summed E-state index contributed by atoms with van der Waals surface area (Å²) in [5, 5.41) is 5.54. The highest BCUT2D eigenvalue weighted by Crippen LogP contribution is 2.28. The lowest BCUT2D eigenvalue weighted by atomic mass is 10.1. The highest BCUT2D eigenvalue weighted by atomic mass is 16.5. The average Bonchev–Trinajstić information content (AvgIpc) is 2.72. The van der Waals surface area contributed by atoms with Crippen molar-refractivity contribution in [2.75, 3.05) is 26.3 Å². The van der Waals surface area contributed by atoms with Crippen LogP contribution in [-0.2, 0) is 16.0 Å². The molecule has 154 valence electrons. The SMILES string of the molecule is CCOc1ccc(/C=C/C(=O)NCCNC(=O)Cc2ccccc2)cc1OCC. The molecule has 2 aromatic rings. The van der Waals surface area contributed by atoms with E-state index in [1.165, 1.54) is 6.08 Å². The van der Waals surface area contributed by atoms with Crippen LogP contribution in [0.4, 0.5) is 0 Å². The maximum atomic E-state index is 12.0. The third-order valence-corrected chi connectivity index (χ3v) is 3.95. The van der Waals surface area contributed by atoms with Crippen molar-refractivity contribution in [2.45, 2.75) is 20.3 Å². The Morgan fingerprint density at radius 3 is 2.31 bits per heavy atom. The van der Waals surface area contributed by atoms with Gasteiger partial charge in [0.15, 0.2) is 11.5 Å². The molecule has 0 aliphatic heterocycles. The fourth-order valence-corrected chi connectivity index (χ4v) is 2.63. The monoisotopic (exact) mass is 396 g/mol. The summed E-state index contributed by atoms with van der Waals surface area (Å²) in [5.41, 5.74) is 1.79. The third-order valence-electron chi connectivity index (χ3n) is 3.95. The summed E-state index contributed by atoms with van der Waals surface area (Å²) in [6.45, 7) is 5.64. The fourth-order valence-electron chi connectivity index (χ4n) is 2.63. The molecule has 2 amide bonds. The van der Waals surface area contributed by atoms with Crippen LogP contribution in [0.15, 0.2) is 54.6 Å². The highest BCUT2D eigenvalue weighted by molar-refractivity contribution is 5.91. The Morgan fingerprint density at radius 2 is 1.59 bits per heavy atom. The highest BCUT2D eigenvalue weighted by Gasteiger charge is 2.05. The molecule has 0 aliphatic rings. The van der Waals surface area contributed by atoms with Crippen molar-refractivity contribution in [3.05, 3.63) is 65.7 Å². The normalized spacial score (nSPS) is 10.6. The molecule has 2 aromatic carbocycles. The molecule has 2 N–H and O–H groups in total. The van der Waals surface area contributed by atoms with Gasteiger partial charge in [-0.25, -0.2) is 0 Å². The maximum absolute atomic E-state index is 12.0. The molecular weight excluding hydrogens is 368 g/mol. The van der Waals surface area contributed by atoms with E-state index >= 15 is 0 Å². The number of ether oxygens (including phenoxy) is 2. The van der Waals surface area contributed by atoms with Gasteiger partial charge in [-0.2, -0.15) is 0 Å². The van der Waals surface area contributed by atoms with E-state index in [1.54, 1.807) is 6.08 Å². The van der Waals surface area contributed by atoms with Crippen molar-refractivity contribution >= 4 is 17.9 Å². The lowest BCUT2D eigenvalue weighted by Crippen LogP contribution is -2.34. The standard InChI is InChI=1S/C23H28N2O4/c1-3-28-20-12-10-19(16-21(20)29-4-2)11-13-22(26)24-14-15-25-23(27)17-18-8-6-5-7-9-18/h5-13,16H,3-4,14-15,17H2,1-2H3,(H,24,26)(H,25,27)/b13-11+. The van der Waals surface area contributed by atoms with E-state index in [0.717, 1.165) is 11.1 Å². The minimum Gasteiger partial charge on any atom is -0.490 e. The van der Waals surface area contributed by atoms with Crippen LogP contribution in [0.3, 0.4) is 0 Å². The quantitative estimate of drug-likeness (QED) is 0.452. The molecule has 0 heterocycles. The first-order valence-corrected chi connectivity index (χ1v) is 9.78. The molecule has 0 saturated carbocycles. The van der Waals surface area contributed by atoms with Gasteiger partial charge < -0.3 is 20.1 Å². The number of carbonyl (C=O) groups is 2. The lowest BCUT2D eigenvalue weighted by Gasteiger charge is -2.11. The van der Waals surface area contributed by atoms with Gasteiger partial charge in [-0.1, -0.05) is 36.4 Å². The molecule has 0 atom stereocenters. The Bertz CT molecular complexity index is 819. The molecule has 0 radical (unpaired) electrons. The molecule has 6 nitrogen and oxygen atoms in total. The molecule has 0 aliphatic carbocycles. The molecule has 0 saturated heterocycles. The average molecular weight is 396 g/mol. The predicted octanol–water partition coefficient (Wildman–Crippen LogP) is 2.97. The Kier molecular flexibility index (Phi) is 9.29. The predicted molar refractivity (Wildman–Crippen MR) is 114 cm³/mol. The van der Waals surface area contributed by atoms with E-state index in [4.69, 9.17) is 9.47 Å². The zero-order valence-electron chi connectivity index (χ0n) is 16.9. The van der Waals surface area contributed by atoms with Crippen LogP contribution < -0.4 is 20.1 Å². The number of benzene rings is 2. The van der Waals surface area contributed by atoms with Gasteiger partial charge in [-0.05, 0) is 43.2 Å². The van der Waals surface area contributed by atoms with Crippen LogP contribution in [-0.4, -0.2) is 38.1 Å². The third kappa shape index (κ3) is 8.09. The number of nitrogens with one attached hydrogen (secondary N) is 2. The van der Waals surface area contributed by atoms with Crippen LogP contribution in [0.2, 0.25) is 0 Å². The summed E-state index contributed by atoms with van der Waals surface area (Å²) < 4.78 is 11.1. The fraction of sp³-hybridized carbons (Fsp3) is 0.304. The summed E-state index contributed by atoms with van der Waals surface area (Å²) in [5.74, 6) is 1.04. The van der Waals surface area contributed by atoms with Crippen molar-refractivity contribution in [1.82, 2.24) is 10.6 Å². The molecular formula is C23H28N2O4. The molecule has 29 heavy (non-hydrogen) atoms. The van der Waals surface area contributed by atoms with Crippen LogP contribution in [0.1, 0.15) is 25.0 Å². The summed E-state index contributed by atoms with van der Waals surface area (Å²) in [6.07, 6.45) is 3.49. The minimum absolute atomic E-state index is 0.0705. The molecule has 0 spiro atoms. The number of amides is 2. The topological polar surface area (TPSA) is 76.7 Å². The minimum atomic E-state index is -0.228. The molecule has 0 fully saturated rings. The van der Waals surface area contributed by atoms with E-state index in [0.29, 0.717) is 44.2 Å². The van der Waals surface area contributed by atoms with Gasteiger partial charge in [0.05, 0.1) is 19.6 Å². The zero-order valence-corrected chi connectivity index (χ0v) is 16.9. The Hall–Kier alpha value is -3.28. The summed E-state index contributed by atoms with van der Waals surface area (Å²) >= 11 is 0. The van der Waals surface area contributed by atoms with Gasteiger partial charge in [0.25, 0.3) is 0 Å². The number of hydrogen-bond acceptors (Lipinski definition) is 4. The van der Waals surface area contributed by atoms with Crippen LogP contribution in [0.25, 0.3) is 6.08 Å². The van der Waals surface area contributed by atoms with E-state index in [-0.39, 0.29) is 11.8 Å². The van der Waals surface area contributed by atoms with Crippen LogP contribution >= 0.6 is 0 Å². The second-order valence-corrected chi connectivity index (χ2v) is 6.21. The number of carbonyl (C=O) groups excluding carboxylic acids is 2. The van der Waals surface area contributed by atoms with Crippen LogP contribution in [0, 0.1) is 0 Å². The van der Waals surface area contributed by atoms with Crippen molar-refractivity contribution in [3.8, 4) is 11.5 Å². The van der Waals surface area contributed by atoms with Gasteiger partial charge in [0.2, 0.25) is 11.8 Å². The molecule has 6 heteroatoms. The summed E-state index contributed by atoms with van der Waals surface area (Å²) in [6, 6.07) is 15.1. The van der Waals surface area contributed by atoms with E-state index < -0.39 is 0 Å². The largest absolute Gasteiger partial charge is 0.490 e. The van der Waals surface area contributed by atoms with Gasteiger partial charge in [-0.15, -0.1) is 0 Å². The van der Waals surface area contributed by atoms with Gasteiger partial charge in [0, 0.05) is 19.2 Å². The van der Waals surface area contributed by atoms with Crippen molar-refractivity contribution in [3.63, 3.8) is 0 Å².